The number of fused-ring (bicyclic) bond motifs is 2. The summed E-state index contributed by atoms with van der Waals surface area (Å²) in [6.07, 6.45) is 6.80. The van der Waals surface area contributed by atoms with Gasteiger partial charge in [0.15, 0.2) is 7.38 Å². The molecule has 0 amide bonds. The number of imidazole rings is 1. The highest BCUT2D eigenvalue weighted by molar-refractivity contribution is 7.20. The lowest BCUT2D eigenvalue weighted by Crippen LogP contribution is -2.36. The van der Waals surface area contributed by atoms with Crippen LogP contribution in [0, 0.1) is 5.92 Å². The number of ether oxygens (including phenoxy) is 4. The maximum atomic E-state index is 9.95. The van der Waals surface area contributed by atoms with Gasteiger partial charge in [0.2, 0.25) is 11.6 Å². The molecule has 0 aliphatic carbocycles. The normalized spacial score (nSPS) is 17.1. The molecule has 3 heterocycles. The molecule has 3 aromatic rings. The summed E-state index contributed by atoms with van der Waals surface area (Å²) in [6.45, 7) is 21.4. The van der Waals surface area contributed by atoms with Crippen LogP contribution in [-0.4, -0.2) is 47.2 Å². The lowest BCUT2D eigenvalue weighted by atomic mass is 9.97. The number of halogens is 1. The maximum absolute atomic E-state index is 9.95. The molecule has 1 atom stereocenters. The minimum atomic E-state index is -1.39. The van der Waals surface area contributed by atoms with Crippen molar-refractivity contribution in [2.24, 2.45) is 5.92 Å². The van der Waals surface area contributed by atoms with E-state index in [1.807, 2.05) is 45.9 Å². The van der Waals surface area contributed by atoms with Crippen molar-refractivity contribution in [2.75, 3.05) is 13.2 Å². The lowest BCUT2D eigenvalue weighted by molar-refractivity contribution is -0.180. The van der Waals surface area contributed by atoms with Gasteiger partial charge in [-0.25, -0.2) is 4.98 Å². The van der Waals surface area contributed by atoms with E-state index in [1.165, 1.54) is 5.56 Å². The van der Waals surface area contributed by atoms with E-state index in [4.69, 9.17) is 30.0 Å². The average molecular weight is 660 g/mol. The molecule has 2 aliphatic rings. The maximum Gasteiger partial charge on any atom is 0.205 e. The Bertz CT molecular complexity index is 1290. The van der Waals surface area contributed by atoms with Crippen molar-refractivity contribution in [2.45, 2.75) is 111 Å². The number of nitrogens with one attached hydrogen (secondary N) is 2. The van der Waals surface area contributed by atoms with Crippen molar-refractivity contribution in [1.29, 1.82) is 0 Å². The summed E-state index contributed by atoms with van der Waals surface area (Å²) in [5.41, 5.74) is 4.44. The summed E-state index contributed by atoms with van der Waals surface area (Å²) in [6, 6.07) is 12.4. The number of aromatic nitrogens is 2. The molecule has 2 aromatic carbocycles. The number of aliphatic hydroxyl groups is 1. The number of rotatable bonds is 8. The van der Waals surface area contributed by atoms with Gasteiger partial charge in [0.05, 0.1) is 19.5 Å². The van der Waals surface area contributed by atoms with Crippen LogP contribution >= 0.6 is 11.1 Å². The quantitative estimate of drug-likeness (QED) is 0.167. The largest absolute Gasteiger partial charge is 0.462 e. The third kappa shape index (κ3) is 11.7. The van der Waals surface area contributed by atoms with Gasteiger partial charge in [-0.15, -0.1) is 0 Å². The number of aliphatic hydroxyl groups excluding tert-OH is 1. The summed E-state index contributed by atoms with van der Waals surface area (Å²) in [5.74, 6) is 0.769. The first-order valence-corrected chi connectivity index (χ1v) is 19.8. The number of para-hydroxylation sites is 2. The summed E-state index contributed by atoms with van der Waals surface area (Å²) in [4.78, 5) is 6.42. The van der Waals surface area contributed by atoms with Crippen LogP contribution in [-0.2, 0) is 35.7 Å². The summed E-state index contributed by atoms with van der Waals surface area (Å²) in [7, 11) is -1.39. The summed E-state index contributed by atoms with van der Waals surface area (Å²) in [5, 5.41) is 13.8. The molecule has 0 fully saturated rings. The van der Waals surface area contributed by atoms with Crippen molar-refractivity contribution < 1.29 is 24.1 Å². The fourth-order valence-electron chi connectivity index (χ4n) is 4.40. The van der Waals surface area contributed by atoms with E-state index in [-0.39, 0.29) is 12.5 Å². The Hall–Kier alpha value is -2.40. The van der Waals surface area contributed by atoms with Crippen LogP contribution < -0.4 is 14.8 Å². The van der Waals surface area contributed by atoms with Gasteiger partial charge >= 0.3 is 0 Å². The Morgan fingerprint density at radius 3 is 1.93 bits per heavy atom. The van der Waals surface area contributed by atoms with Gasteiger partial charge in [-0.05, 0) is 29.4 Å². The van der Waals surface area contributed by atoms with E-state index in [2.05, 4.69) is 67.3 Å². The second-order valence-electron chi connectivity index (χ2n) is 14.1. The third-order valence-electron chi connectivity index (χ3n) is 8.22. The van der Waals surface area contributed by atoms with Crippen molar-refractivity contribution in [1.82, 2.24) is 15.3 Å². The lowest BCUT2D eigenvalue weighted by Gasteiger charge is -2.34. The molecule has 0 spiro atoms. The highest BCUT2D eigenvalue weighted by Gasteiger charge is 2.33. The van der Waals surface area contributed by atoms with Crippen LogP contribution in [0.15, 0.2) is 55.1 Å². The number of hydrogen-bond acceptors (Lipinski definition) is 7. The van der Waals surface area contributed by atoms with Crippen molar-refractivity contribution >= 4 is 18.5 Å². The van der Waals surface area contributed by atoms with Crippen LogP contribution in [0.2, 0.25) is 18.1 Å². The molecule has 3 N–H and O–H groups in total. The predicted octanol–water partition coefficient (Wildman–Crippen LogP) is 7.95. The monoisotopic (exact) mass is 659 g/mol. The first-order chi connectivity index (χ1) is 21.0. The van der Waals surface area contributed by atoms with Crippen molar-refractivity contribution in [3.63, 3.8) is 0 Å². The molecule has 250 valence electrons. The van der Waals surface area contributed by atoms with E-state index in [0.717, 1.165) is 47.6 Å². The Morgan fingerprint density at radius 2 is 1.49 bits per heavy atom. The number of aryl methyl sites for hydroxylation is 1. The van der Waals surface area contributed by atoms with E-state index < -0.39 is 19.0 Å². The fourth-order valence-corrected chi connectivity index (χ4v) is 4.40. The second kappa shape index (κ2) is 15.9. The first-order valence-electron chi connectivity index (χ1n) is 15.8. The molecular weight excluding hydrogens is 606 g/mol. The van der Waals surface area contributed by atoms with Gasteiger partial charge in [0.25, 0.3) is 0 Å². The Labute approximate surface area is 275 Å². The molecule has 0 saturated heterocycles. The van der Waals surface area contributed by atoms with Gasteiger partial charge in [-0.2, -0.15) is 11.1 Å². The molecule has 5 rings (SSSR count). The smallest absolute Gasteiger partial charge is 0.205 e. The van der Waals surface area contributed by atoms with Crippen LogP contribution in [0.3, 0.4) is 0 Å². The number of aromatic amines is 1. The SMILES string of the molecule is CC(C)(C)[Si](C)(C)Cl.CC1(C)OCc2cccc(CCC(CO)CNCc3cccc4c3OC(C)(C)OC4)c2O1.c1c[nH]cn1. The number of hydrogen-bond donors (Lipinski definition) is 3. The van der Waals surface area contributed by atoms with Crippen LogP contribution in [0.4, 0.5) is 0 Å². The molecule has 0 radical (unpaired) electrons. The highest BCUT2D eigenvalue weighted by Crippen LogP contribution is 2.38. The molecule has 45 heavy (non-hydrogen) atoms. The number of benzene rings is 2. The minimum absolute atomic E-state index is 0.141. The predicted molar refractivity (Wildman–Crippen MR) is 184 cm³/mol. The van der Waals surface area contributed by atoms with Crippen LogP contribution in [0.25, 0.3) is 0 Å². The molecule has 8 nitrogen and oxygen atoms in total. The van der Waals surface area contributed by atoms with Gasteiger partial charge in [0.1, 0.15) is 11.5 Å². The zero-order valence-electron chi connectivity index (χ0n) is 28.6. The number of H-pyrrole nitrogens is 1. The van der Waals surface area contributed by atoms with E-state index in [9.17, 15) is 5.11 Å². The Morgan fingerprint density at radius 1 is 0.956 bits per heavy atom. The highest BCUT2D eigenvalue weighted by atomic mass is 35.6. The van der Waals surface area contributed by atoms with E-state index in [1.54, 1.807) is 18.7 Å². The molecule has 1 aromatic heterocycles. The molecule has 0 saturated carbocycles. The zero-order chi connectivity index (χ0) is 33.3. The third-order valence-corrected chi connectivity index (χ3v) is 13.5. The molecule has 2 aliphatic heterocycles. The van der Waals surface area contributed by atoms with Crippen LogP contribution in [0.1, 0.15) is 77.1 Å². The first kappa shape index (κ1) is 37.1. The van der Waals surface area contributed by atoms with Gasteiger partial charge < -0.3 is 34.4 Å². The van der Waals surface area contributed by atoms with Gasteiger partial charge in [-0.3, -0.25) is 0 Å². The number of nitrogens with zero attached hydrogens (tertiary/aromatic N) is 1. The molecule has 1 unspecified atom stereocenters. The fraction of sp³-hybridized carbons (Fsp3) is 0.571. The average Bonchev–Trinajstić information content (AvgIpc) is 3.54. The summed E-state index contributed by atoms with van der Waals surface area (Å²) >= 11 is 6.15. The van der Waals surface area contributed by atoms with E-state index >= 15 is 0 Å². The summed E-state index contributed by atoms with van der Waals surface area (Å²) < 4.78 is 23.7. The molecule has 10 heteroatoms. The van der Waals surface area contributed by atoms with Gasteiger partial charge in [-0.1, -0.05) is 70.3 Å². The van der Waals surface area contributed by atoms with Gasteiger partial charge in [0, 0.05) is 76.5 Å². The van der Waals surface area contributed by atoms with Crippen molar-refractivity contribution in [3.8, 4) is 11.5 Å². The zero-order valence-corrected chi connectivity index (χ0v) is 30.4. The topological polar surface area (TPSA) is 97.9 Å². The molecular formula is C35H54ClN3O5Si. The minimum Gasteiger partial charge on any atom is -0.462 e. The standard InChI is InChI=1S/C26H35NO5.C6H15ClSi.C3H4N2/c1-25(2)29-16-21-9-5-7-19(23(21)31-25)12-11-18(15-28)13-27-14-20-8-6-10-22-17-30-26(3,4)32-24(20)22;1-6(2,3)8(4,5)7;1-2-5-3-4-1/h5-10,18,27-28H,11-17H2,1-4H3;1-5H3;1-3H,(H,4,5). The van der Waals surface area contributed by atoms with Crippen LogP contribution in [0.5, 0.6) is 11.5 Å². The second-order valence-corrected chi connectivity index (χ2v) is 21.4. The van der Waals surface area contributed by atoms with E-state index in [0.29, 0.717) is 24.8 Å². The Balaban J connectivity index is 0.000000353. The Kier molecular flexibility index (Phi) is 13.1. The molecule has 0 bridgehead atoms. The van der Waals surface area contributed by atoms with Crippen molar-refractivity contribution in [3.05, 3.63) is 77.4 Å².